The third-order valence-electron chi connectivity index (χ3n) is 4.10. The molecule has 0 saturated heterocycles. The average Bonchev–Trinajstić information content (AvgIpc) is 3.13. The van der Waals surface area contributed by atoms with E-state index < -0.39 is 5.91 Å². The Bertz CT molecular complexity index is 866. The van der Waals surface area contributed by atoms with Crippen molar-refractivity contribution < 1.29 is 10.0 Å². The van der Waals surface area contributed by atoms with Crippen LogP contribution >= 0.6 is 0 Å². The summed E-state index contributed by atoms with van der Waals surface area (Å²) in [5.41, 5.74) is 6.18. The van der Waals surface area contributed by atoms with E-state index in [0.717, 1.165) is 25.1 Å². The lowest BCUT2D eigenvalue weighted by Crippen LogP contribution is -2.16. The van der Waals surface area contributed by atoms with E-state index >= 15 is 0 Å². The Labute approximate surface area is 146 Å². The predicted octanol–water partition coefficient (Wildman–Crippen LogP) is 3.02. The Kier molecular flexibility index (Phi) is 5.61. The summed E-state index contributed by atoms with van der Waals surface area (Å²) in [6, 6.07) is 16.4. The van der Waals surface area contributed by atoms with Gasteiger partial charge in [-0.05, 0) is 47.9 Å². The number of H-pyrrole nitrogens is 1. The Balaban J connectivity index is 1.48. The monoisotopic (exact) mass is 335 g/mol. The van der Waals surface area contributed by atoms with Crippen LogP contribution in [0, 0.1) is 0 Å². The molecule has 4 N–H and O–H groups in total. The second kappa shape index (κ2) is 8.28. The summed E-state index contributed by atoms with van der Waals surface area (Å²) in [5, 5.41) is 13.2. The lowest BCUT2D eigenvalue weighted by atomic mass is 10.1. The first-order valence-electron chi connectivity index (χ1n) is 8.23. The van der Waals surface area contributed by atoms with E-state index in [-0.39, 0.29) is 0 Å². The highest BCUT2D eigenvalue weighted by atomic mass is 16.5. The van der Waals surface area contributed by atoms with E-state index in [1.165, 1.54) is 28.1 Å². The normalized spacial score (nSPS) is 11.2. The van der Waals surface area contributed by atoms with E-state index in [1.807, 2.05) is 30.5 Å². The molecular formula is C20H21N3O2. The summed E-state index contributed by atoms with van der Waals surface area (Å²) in [7, 11) is 0. The van der Waals surface area contributed by atoms with Crippen LogP contribution in [0.4, 0.5) is 0 Å². The fraction of sp³-hybridized carbons (Fsp3) is 0.150. The molecule has 1 amide bonds. The number of aromatic amines is 1. The first kappa shape index (κ1) is 17.0. The summed E-state index contributed by atoms with van der Waals surface area (Å²) < 4.78 is 0. The molecule has 5 heteroatoms. The first-order valence-corrected chi connectivity index (χ1v) is 8.23. The molecule has 1 heterocycles. The fourth-order valence-corrected chi connectivity index (χ4v) is 2.78. The highest BCUT2D eigenvalue weighted by Gasteiger charge is 2.01. The molecule has 0 aliphatic heterocycles. The van der Waals surface area contributed by atoms with Crippen molar-refractivity contribution >= 4 is 22.9 Å². The van der Waals surface area contributed by atoms with Gasteiger partial charge in [-0.15, -0.1) is 0 Å². The van der Waals surface area contributed by atoms with E-state index in [2.05, 4.69) is 34.6 Å². The number of amides is 1. The van der Waals surface area contributed by atoms with Crippen molar-refractivity contribution in [3.63, 3.8) is 0 Å². The third-order valence-corrected chi connectivity index (χ3v) is 4.10. The SMILES string of the molecule is O=C(/C=C/c1ccc(CNCCc2cccc3[nH]ccc23)cc1)NO. The van der Waals surface area contributed by atoms with Crippen LogP contribution in [0.1, 0.15) is 16.7 Å². The van der Waals surface area contributed by atoms with Gasteiger partial charge in [-0.2, -0.15) is 0 Å². The molecule has 3 rings (SSSR count). The Hall–Kier alpha value is -2.89. The lowest BCUT2D eigenvalue weighted by Gasteiger charge is -2.07. The summed E-state index contributed by atoms with van der Waals surface area (Å²) in [4.78, 5) is 14.2. The molecule has 3 aromatic rings. The van der Waals surface area contributed by atoms with Crippen LogP contribution in [-0.2, 0) is 17.8 Å². The largest absolute Gasteiger partial charge is 0.361 e. The van der Waals surface area contributed by atoms with Gasteiger partial charge in [0.25, 0.3) is 5.91 Å². The van der Waals surface area contributed by atoms with Gasteiger partial charge >= 0.3 is 0 Å². The van der Waals surface area contributed by atoms with Crippen LogP contribution in [0.15, 0.2) is 60.8 Å². The van der Waals surface area contributed by atoms with Gasteiger partial charge < -0.3 is 10.3 Å². The number of rotatable bonds is 7. The standard InChI is InChI=1S/C20H21N3O2/c24-20(23-25)9-8-15-4-6-16(7-5-15)14-21-12-10-17-2-1-3-19-18(17)11-13-22-19/h1-9,11,13,21-22,25H,10,12,14H2,(H,23,24)/b9-8+. The molecule has 0 bridgehead atoms. The molecule has 128 valence electrons. The summed E-state index contributed by atoms with van der Waals surface area (Å²) in [6.07, 6.45) is 5.89. The number of carbonyl (C=O) groups is 1. The summed E-state index contributed by atoms with van der Waals surface area (Å²) in [6.45, 7) is 1.70. The van der Waals surface area contributed by atoms with Crippen molar-refractivity contribution in [2.75, 3.05) is 6.54 Å². The Morgan fingerprint density at radius 1 is 1.12 bits per heavy atom. The zero-order valence-corrected chi connectivity index (χ0v) is 13.8. The molecule has 0 unspecified atom stereocenters. The molecule has 0 fully saturated rings. The van der Waals surface area contributed by atoms with Gasteiger partial charge in [0, 0.05) is 29.7 Å². The van der Waals surface area contributed by atoms with E-state index in [4.69, 9.17) is 5.21 Å². The van der Waals surface area contributed by atoms with Gasteiger partial charge in [-0.1, -0.05) is 36.4 Å². The Morgan fingerprint density at radius 2 is 1.96 bits per heavy atom. The minimum Gasteiger partial charge on any atom is -0.361 e. The zero-order valence-electron chi connectivity index (χ0n) is 13.8. The second-order valence-electron chi connectivity index (χ2n) is 5.83. The molecule has 2 aromatic carbocycles. The molecule has 0 aliphatic rings. The molecule has 0 atom stereocenters. The summed E-state index contributed by atoms with van der Waals surface area (Å²) in [5.74, 6) is -0.539. The van der Waals surface area contributed by atoms with Gasteiger partial charge in [-0.25, -0.2) is 5.48 Å². The molecule has 0 aliphatic carbocycles. The third kappa shape index (κ3) is 4.56. The smallest absolute Gasteiger partial charge is 0.267 e. The van der Waals surface area contributed by atoms with Crippen molar-refractivity contribution in [1.29, 1.82) is 0 Å². The predicted molar refractivity (Wildman–Crippen MR) is 99.1 cm³/mol. The second-order valence-corrected chi connectivity index (χ2v) is 5.83. The molecule has 0 saturated carbocycles. The average molecular weight is 335 g/mol. The van der Waals surface area contributed by atoms with Crippen molar-refractivity contribution in [2.24, 2.45) is 0 Å². The molecule has 0 spiro atoms. The van der Waals surface area contributed by atoms with Crippen LogP contribution in [0.2, 0.25) is 0 Å². The van der Waals surface area contributed by atoms with Gasteiger partial charge in [0.15, 0.2) is 0 Å². The van der Waals surface area contributed by atoms with E-state index in [1.54, 1.807) is 11.6 Å². The molecule has 25 heavy (non-hydrogen) atoms. The number of fused-ring (bicyclic) bond motifs is 1. The van der Waals surface area contributed by atoms with E-state index in [0.29, 0.717) is 0 Å². The van der Waals surface area contributed by atoms with Crippen molar-refractivity contribution in [1.82, 2.24) is 15.8 Å². The number of aromatic nitrogens is 1. The fourth-order valence-electron chi connectivity index (χ4n) is 2.78. The van der Waals surface area contributed by atoms with Crippen LogP contribution in [-0.4, -0.2) is 22.6 Å². The zero-order chi connectivity index (χ0) is 17.5. The molecule has 1 aromatic heterocycles. The number of benzene rings is 2. The number of hydrogen-bond acceptors (Lipinski definition) is 3. The van der Waals surface area contributed by atoms with Crippen LogP contribution in [0.3, 0.4) is 0 Å². The highest BCUT2D eigenvalue weighted by molar-refractivity contribution is 5.90. The lowest BCUT2D eigenvalue weighted by molar-refractivity contribution is -0.124. The van der Waals surface area contributed by atoms with Gasteiger partial charge in [-0.3, -0.25) is 10.0 Å². The van der Waals surface area contributed by atoms with Crippen LogP contribution in [0.25, 0.3) is 17.0 Å². The minimum absolute atomic E-state index is 0.539. The molecular weight excluding hydrogens is 314 g/mol. The van der Waals surface area contributed by atoms with E-state index in [9.17, 15) is 4.79 Å². The topological polar surface area (TPSA) is 77.2 Å². The van der Waals surface area contributed by atoms with Gasteiger partial charge in [0.05, 0.1) is 0 Å². The summed E-state index contributed by atoms with van der Waals surface area (Å²) >= 11 is 0. The van der Waals surface area contributed by atoms with Crippen molar-refractivity contribution in [3.8, 4) is 0 Å². The van der Waals surface area contributed by atoms with Gasteiger partial charge in [0.2, 0.25) is 0 Å². The van der Waals surface area contributed by atoms with Gasteiger partial charge in [0.1, 0.15) is 0 Å². The maximum atomic E-state index is 10.9. The minimum atomic E-state index is -0.539. The number of nitrogens with one attached hydrogen (secondary N) is 3. The maximum absolute atomic E-state index is 10.9. The van der Waals surface area contributed by atoms with Crippen molar-refractivity contribution in [3.05, 3.63) is 77.5 Å². The van der Waals surface area contributed by atoms with Crippen LogP contribution in [0.5, 0.6) is 0 Å². The van der Waals surface area contributed by atoms with Crippen molar-refractivity contribution in [2.45, 2.75) is 13.0 Å². The first-order chi connectivity index (χ1) is 12.3. The molecule has 5 nitrogen and oxygen atoms in total. The number of hydroxylamine groups is 1. The number of carbonyl (C=O) groups excluding carboxylic acids is 1. The highest BCUT2D eigenvalue weighted by Crippen LogP contribution is 2.17. The molecule has 0 radical (unpaired) electrons. The number of hydrogen-bond donors (Lipinski definition) is 4. The maximum Gasteiger partial charge on any atom is 0.267 e. The van der Waals surface area contributed by atoms with Crippen LogP contribution < -0.4 is 10.8 Å². The quantitative estimate of drug-likeness (QED) is 0.232. The Morgan fingerprint density at radius 3 is 2.76 bits per heavy atom.